The average Bonchev–Trinajstić information content (AvgIpc) is 2.42. The normalized spacial score (nSPS) is 10.5. The Bertz CT molecular complexity index is 603. The maximum atomic E-state index is 10.7. The molecule has 0 aliphatic heterocycles. The minimum Gasteiger partial charge on any atom is -0.481 e. The van der Waals surface area contributed by atoms with E-state index in [4.69, 9.17) is 5.11 Å². The van der Waals surface area contributed by atoms with Crippen molar-refractivity contribution in [2.24, 2.45) is 0 Å². The number of carboxylic acids is 1. The standard InChI is InChI=1S/C17H18O2S/c1-3-13-4-7-15(8-5-13)20-16-9-6-14(10-12(16)2)11-17(18)19/h4-10H,3,11H2,1-2H3,(H,18,19). The fourth-order valence-corrected chi connectivity index (χ4v) is 2.91. The molecule has 0 unspecified atom stereocenters. The fraction of sp³-hybridized carbons (Fsp3) is 0.235. The van der Waals surface area contributed by atoms with Crippen LogP contribution >= 0.6 is 11.8 Å². The van der Waals surface area contributed by atoms with Crippen molar-refractivity contribution in [1.29, 1.82) is 0 Å². The highest BCUT2D eigenvalue weighted by Crippen LogP contribution is 2.31. The predicted molar refractivity (Wildman–Crippen MR) is 82.5 cm³/mol. The zero-order valence-corrected chi connectivity index (χ0v) is 12.5. The van der Waals surface area contributed by atoms with Crippen molar-refractivity contribution in [2.45, 2.75) is 36.5 Å². The third-order valence-corrected chi connectivity index (χ3v) is 4.34. The van der Waals surface area contributed by atoms with Gasteiger partial charge < -0.3 is 5.11 Å². The molecule has 0 aliphatic rings. The van der Waals surface area contributed by atoms with Crippen LogP contribution in [0.25, 0.3) is 0 Å². The van der Waals surface area contributed by atoms with Gasteiger partial charge in [0.15, 0.2) is 0 Å². The molecule has 0 aromatic heterocycles. The van der Waals surface area contributed by atoms with E-state index in [0.717, 1.165) is 17.5 Å². The highest BCUT2D eigenvalue weighted by molar-refractivity contribution is 7.99. The molecule has 3 heteroatoms. The van der Waals surface area contributed by atoms with Crippen molar-refractivity contribution >= 4 is 17.7 Å². The topological polar surface area (TPSA) is 37.3 Å². The van der Waals surface area contributed by atoms with Crippen LogP contribution in [0.5, 0.6) is 0 Å². The van der Waals surface area contributed by atoms with E-state index in [9.17, 15) is 4.79 Å². The molecule has 104 valence electrons. The molecule has 0 heterocycles. The molecule has 2 aromatic rings. The number of hydrogen-bond donors (Lipinski definition) is 1. The monoisotopic (exact) mass is 286 g/mol. The Balaban J connectivity index is 2.14. The van der Waals surface area contributed by atoms with Gasteiger partial charge in [-0.15, -0.1) is 0 Å². The number of carboxylic acid groups (broad SMARTS) is 1. The van der Waals surface area contributed by atoms with E-state index < -0.39 is 5.97 Å². The van der Waals surface area contributed by atoms with E-state index in [0.29, 0.717) is 0 Å². The van der Waals surface area contributed by atoms with Crippen LogP contribution in [0.15, 0.2) is 52.3 Å². The molecule has 0 saturated carbocycles. The lowest BCUT2D eigenvalue weighted by molar-refractivity contribution is -0.136. The first-order chi connectivity index (χ1) is 9.58. The summed E-state index contributed by atoms with van der Waals surface area (Å²) >= 11 is 1.71. The second-order valence-corrected chi connectivity index (χ2v) is 5.89. The first-order valence-electron chi connectivity index (χ1n) is 6.66. The van der Waals surface area contributed by atoms with Crippen molar-refractivity contribution in [3.05, 3.63) is 59.2 Å². The van der Waals surface area contributed by atoms with Gasteiger partial charge in [0.25, 0.3) is 0 Å². The SMILES string of the molecule is CCc1ccc(Sc2ccc(CC(=O)O)cc2C)cc1. The van der Waals surface area contributed by atoms with Crippen molar-refractivity contribution in [2.75, 3.05) is 0 Å². The molecule has 0 amide bonds. The summed E-state index contributed by atoms with van der Waals surface area (Å²) in [6.45, 7) is 4.17. The van der Waals surface area contributed by atoms with Gasteiger partial charge in [0.1, 0.15) is 0 Å². The molecule has 0 bridgehead atoms. The van der Waals surface area contributed by atoms with Gasteiger partial charge >= 0.3 is 5.97 Å². The van der Waals surface area contributed by atoms with Gasteiger partial charge in [-0.2, -0.15) is 0 Å². The van der Waals surface area contributed by atoms with Gasteiger partial charge in [-0.25, -0.2) is 0 Å². The molecule has 0 aliphatic carbocycles. The van der Waals surface area contributed by atoms with Gasteiger partial charge in [-0.05, 0) is 48.2 Å². The third kappa shape index (κ3) is 3.87. The van der Waals surface area contributed by atoms with E-state index in [1.807, 2.05) is 25.1 Å². The molecular weight excluding hydrogens is 268 g/mol. The Kier molecular flexibility index (Phi) is 4.85. The van der Waals surface area contributed by atoms with E-state index >= 15 is 0 Å². The van der Waals surface area contributed by atoms with Crippen molar-refractivity contribution in [3.63, 3.8) is 0 Å². The second kappa shape index (κ2) is 6.62. The zero-order valence-electron chi connectivity index (χ0n) is 11.7. The first kappa shape index (κ1) is 14.7. The Morgan fingerprint density at radius 1 is 1.10 bits per heavy atom. The summed E-state index contributed by atoms with van der Waals surface area (Å²) in [4.78, 5) is 13.1. The maximum absolute atomic E-state index is 10.7. The van der Waals surface area contributed by atoms with Crippen LogP contribution in [0.3, 0.4) is 0 Å². The van der Waals surface area contributed by atoms with E-state index in [1.165, 1.54) is 15.4 Å². The summed E-state index contributed by atoms with van der Waals surface area (Å²) in [7, 11) is 0. The van der Waals surface area contributed by atoms with Crippen LogP contribution < -0.4 is 0 Å². The summed E-state index contributed by atoms with van der Waals surface area (Å²) in [5, 5.41) is 8.81. The van der Waals surface area contributed by atoms with Gasteiger partial charge in [-0.1, -0.05) is 43.0 Å². The molecule has 0 spiro atoms. The minimum absolute atomic E-state index is 0.0803. The van der Waals surface area contributed by atoms with Gasteiger partial charge in [-0.3, -0.25) is 4.79 Å². The van der Waals surface area contributed by atoms with Gasteiger partial charge in [0.05, 0.1) is 6.42 Å². The second-order valence-electron chi connectivity index (χ2n) is 4.77. The molecule has 0 saturated heterocycles. The van der Waals surface area contributed by atoms with Crippen molar-refractivity contribution < 1.29 is 9.90 Å². The van der Waals surface area contributed by atoms with E-state index in [-0.39, 0.29) is 6.42 Å². The summed E-state index contributed by atoms with van der Waals surface area (Å²) in [5.41, 5.74) is 3.30. The summed E-state index contributed by atoms with van der Waals surface area (Å²) in [5.74, 6) is -0.792. The molecule has 1 N–H and O–H groups in total. The molecule has 2 aromatic carbocycles. The maximum Gasteiger partial charge on any atom is 0.307 e. The molecule has 0 radical (unpaired) electrons. The highest BCUT2D eigenvalue weighted by Gasteiger charge is 2.05. The Hall–Kier alpha value is -1.74. The van der Waals surface area contributed by atoms with Crippen molar-refractivity contribution in [1.82, 2.24) is 0 Å². The van der Waals surface area contributed by atoms with Crippen LogP contribution in [0.4, 0.5) is 0 Å². The lowest BCUT2D eigenvalue weighted by Crippen LogP contribution is -2.00. The van der Waals surface area contributed by atoms with Crippen LogP contribution in [0.2, 0.25) is 0 Å². The number of aryl methyl sites for hydroxylation is 2. The van der Waals surface area contributed by atoms with Crippen LogP contribution in [0.1, 0.15) is 23.6 Å². The van der Waals surface area contributed by atoms with Crippen LogP contribution in [-0.2, 0) is 17.6 Å². The number of aliphatic carboxylic acids is 1. The number of carbonyl (C=O) groups is 1. The number of hydrogen-bond acceptors (Lipinski definition) is 2. The lowest BCUT2D eigenvalue weighted by atomic mass is 10.1. The Morgan fingerprint density at radius 3 is 2.30 bits per heavy atom. The first-order valence-corrected chi connectivity index (χ1v) is 7.48. The minimum atomic E-state index is -0.792. The highest BCUT2D eigenvalue weighted by atomic mass is 32.2. The molecule has 0 atom stereocenters. The largest absolute Gasteiger partial charge is 0.481 e. The molecule has 2 nitrogen and oxygen atoms in total. The lowest BCUT2D eigenvalue weighted by Gasteiger charge is -2.08. The third-order valence-electron chi connectivity index (χ3n) is 3.15. The molecular formula is C17H18O2S. The quantitative estimate of drug-likeness (QED) is 0.888. The van der Waals surface area contributed by atoms with Gasteiger partial charge in [0.2, 0.25) is 0 Å². The average molecular weight is 286 g/mol. The summed E-state index contributed by atoms with van der Waals surface area (Å²) < 4.78 is 0. The smallest absolute Gasteiger partial charge is 0.307 e. The van der Waals surface area contributed by atoms with Crippen molar-refractivity contribution in [3.8, 4) is 0 Å². The number of benzene rings is 2. The van der Waals surface area contributed by atoms with E-state index in [2.05, 4.69) is 31.2 Å². The predicted octanol–water partition coefficient (Wildman–Crippen LogP) is 4.34. The Morgan fingerprint density at radius 2 is 1.75 bits per heavy atom. The molecule has 20 heavy (non-hydrogen) atoms. The summed E-state index contributed by atoms with van der Waals surface area (Å²) in [6, 6.07) is 14.4. The number of rotatable bonds is 5. The fourth-order valence-electron chi connectivity index (χ4n) is 2.03. The Labute approximate surface area is 123 Å². The summed E-state index contributed by atoms with van der Waals surface area (Å²) in [6.07, 6.45) is 1.13. The van der Waals surface area contributed by atoms with Crippen LogP contribution in [0, 0.1) is 6.92 Å². The molecule has 0 fully saturated rings. The van der Waals surface area contributed by atoms with E-state index in [1.54, 1.807) is 11.8 Å². The zero-order chi connectivity index (χ0) is 14.5. The molecule has 2 rings (SSSR count). The van der Waals surface area contributed by atoms with Crippen LogP contribution in [-0.4, -0.2) is 11.1 Å². The van der Waals surface area contributed by atoms with Gasteiger partial charge in [0, 0.05) is 9.79 Å².